The second-order valence-electron chi connectivity index (χ2n) is 5.06. The number of rotatable bonds is 7. The lowest BCUT2D eigenvalue weighted by molar-refractivity contribution is -0.143. The van der Waals surface area contributed by atoms with Crippen LogP contribution in [0, 0.1) is 0 Å². The summed E-state index contributed by atoms with van der Waals surface area (Å²) in [5, 5.41) is 6.58. The van der Waals surface area contributed by atoms with Crippen molar-refractivity contribution < 1.29 is 9.53 Å². The maximum atomic E-state index is 11.3. The minimum absolute atomic E-state index is 0.144. The van der Waals surface area contributed by atoms with Gasteiger partial charge in [0, 0.05) is 17.3 Å². The van der Waals surface area contributed by atoms with Gasteiger partial charge in [-0.25, -0.2) is 4.98 Å². The third kappa shape index (κ3) is 3.69. The van der Waals surface area contributed by atoms with E-state index in [1.54, 1.807) is 11.3 Å². The number of nitrogens with one attached hydrogen (secondary N) is 1. The van der Waals surface area contributed by atoms with Gasteiger partial charge in [-0.3, -0.25) is 4.79 Å². The van der Waals surface area contributed by atoms with Gasteiger partial charge >= 0.3 is 5.97 Å². The van der Waals surface area contributed by atoms with Crippen molar-refractivity contribution in [3.8, 4) is 0 Å². The SMILES string of the molecule is CCOC(=O)CCc1csc(NC2(CC)CCC2)n1. The number of hydrogen-bond donors (Lipinski definition) is 1. The number of hydrogen-bond acceptors (Lipinski definition) is 5. The van der Waals surface area contributed by atoms with Crippen LogP contribution in [0.5, 0.6) is 0 Å². The number of aryl methyl sites for hydroxylation is 1. The molecule has 0 saturated heterocycles. The monoisotopic (exact) mass is 282 g/mol. The Morgan fingerprint density at radius 1 is 1.53 bits per heavy atom. The predicted octanol–water partition coefficient (Wildman–Crippen LogP) is 3.38. The van der Waals surface area contributed by atoms with Crippen molar-refractivity contribution >= 4 is 22.4 Å². The first-order valence-electron chi connectivity index (χ1n) is 7.05. The molecule has 1 heterocycles. The van der Waals surface area contributed by atoms with Gasteiger partial charge in [0.15, 0.2) is 5.13 Å². The van der Waals surface area contributed by atoms with Crippen LogP contribution in [0.3, 0.4) is 0 Å². The fourth-order valence-electron chi connectivity index (χ4n) is 2.34. The van der Waals surface area contributed by atoms with Crippen molar-refractivity contribution in [3.05, 3.63) is 11.1 Å². The molecule has 0 spiro atoms. The van der Waals surface area contributed by atoms with Gasteiger partial charge in [0.05, 0.1) is 18.7 Å². The first-order valence-corrected chi connectivity index (χ1v) is 7.93. The number of carbonyl (C=O) groups excluding carboxylic acids is 1. The molecule has 0 atom stereocenters. The smallest absolute Gasteiger partial charge is 0.306 e. The van der Waals surface area contributed by atoms with Crippen LogP contribution >= 0.6 is 11.3 Å². The van der Waals surface area contributed by atoms with Gasteiger partial charge in [-0.1, -0.05) is 6.92 Å². The Hall–Kier alpha value is -1.10. The molecule has 0 aliphatic heterocycles. The van der Waals surface area contributed by atoms with Crippen molar-refractivity contribution in [2.45, 2.75) is 57.9 Å². The number of esters is 1. The van der Waals surface area contributed by atoms with Crippen molar-refractivity contribution in [1.82, 2.24) is 4.98 Å². The van der Waals surface area contributed by atoms with E-state index in [9.17, 15) is 4.79 Å². The van der Waals surface area contributed by atoms with E-state index in [0.717, 1.165) is 17.2 Å². The summed E-state index contributed by atoms with van der Waals surface area (Å²) in [5.74, 6) is -0.144. The van der Waals surface area contributed by atoms with Crippen LogP contribution in [0.2, 0.25) is 0 Å². The molecule has 1 aliphatic carbocycles. The van der Waals surface area contributed by atoms with Crippen LogP contribution in [0.25, 0.3) is 0 Å². The van der Waals surface area contributed by atoms with Crippen molar-refractivity contribution in [2.75, 3.05) is 11.9 Å². The molecule has 0 amide bonds. The Bertz CT molecular complexity index is 421. The van der Waals surface area contributed by atoms with Crippen LogP contribution in [-0.2, 0) is 16.0 Å². The molecule has 1 fully saturated rings. The van der Waals surface area contributed by atoms with Crippen molar-refractivity contribution in [1.29, 1.82) is 0 Å². The van der Waals surface area contributed by atoms with E-state index in [1.807, 2.05) is 12.3 Å². The van der Waals surface area contributed by atoms with Gasteiger partial charge in [0.25, 0.3) is 0 Å². The zero-order valence-electron chi connectivity index (χ0n) is 11.7. The Balaban J connectivity index is 1.83. The molecule has 5 heteroatoms. The van der Waals surface area contributed by atoms with Crippen LogP contribution in [0.15, 0.2) is 5.38 Å². The topological polar surface area (TPSA) is 51.2 Å². The second-order valence-corrected chi connectivity index (χ2v) is 5.92. The summed E-state index contributed by atoms with van der Waals surface area (Å²) < 4.78 is 4.92. The molecule has 1 aliphatic rings. The van der Waals surface area contributed by atoms with E-state index in [0.29, 0.717) is 19.4 Å². The van der Waals surface area contributed by atoms with Gasteiger partial charge in [-0.2, -0.15) is 0 Å². The first-order chi connectivity index (χ1) is 9.17. The highest BCUT2D eigenvalue weighted by Crippen LogP contribution is 2.38. The Labute approximate surface area is 118 Å². The molecule has 1 aromatic heterocycles. The lowest BCUT2D eigenvalue weighted by atomic mass is 9.75. The largest absolute Gasteiger partial charge is 0.466 e. The number of nitrogens with zero attached hydrogens (tertiary/aromatic N) is 1. The normalized spacial score (nSPS) is 16.7. The maximum absolute atomic E-state index is 11.3. The molecule has 1 saturated carbocycles. The summed E-state index contributed by atoms with van der Waals surface area (Å²) in [4.78, 5) is 15.8. The van der Waals surface area contributed by atoms with E-state index in [-0.39, 0.29) is 11.5 Å². The molecular weight excluding hydrogens is 260 g/mol. The molecule has 0 unspecified atom stereocenters. The van der Waals surface area contributed by atoms with Crippen LogP contribution in [0.4, 0.5) is 5.13 Å². The highest BCUT2D eigenvalue weighted by Gasteiger charge is 2.35. The summed E-state index contributed by atoms with van der Waals surface area (Å²) in [6.45, 7) is 4.49. The number of ether oxygens (including phenoxy) is 1. The lowest BCUT2D eigenvalue weighted by Gasteiger charge is -2.41. The zero-order chi connectivity index (χ0) is 13.7. The highest BCUT2D eigenvalue weighted by atomic mass is 32.1. The summed E-state index contributed by atoms with van der Waals surface area (Å²) >= 11 is 1.63. The predicted molar refractivity (Wildman–Crippen MR) is 77.6 cm³/mol. The quantitative estimate of drug-likeness (QED) is 0.779. The molecule has 19 heavy (non-hydrogen) atoms. The van der Waals surface area contributed by atoms with Crippen LogP contribution in [0.1, 0.15) is 51.6 Å². The fraction of sp³-hybridized carbons (Fsp3) is 0.714. The Morgan fingerprint density at radius 3 is 2.89 bits per heavy atom. The summed E-state index contributed by atoms with van der Waals surface area (Å²) in [5.41, 5.74) is 1.25. The molecule has 1 N–H and O–H groups in total. The number of thiazole rings is 1. The minimum Gasteiger partial charge on any atom is -0.466 e. The molecular formula is C14H22N2O2S. The molecule has 2 rings (SSSR count). The molecule has 4 nitrogen and oxygen atoms in total. The van der Waals surface area contributed by atoms with E-state index >= 15 is 0 Å². The molecule has 0 aromatic carbocycles. The highest BCUT2D eigenvalue weighted by molar-refractivity contribution is 7.13. The minimum atomic E-state index is -0.144. The number of aromatic nitrogens is 1. The number of anilines is 1. The van der Waals surface area contributed by atoms with Gasteiger partial charge in [0.1, 0.15) is 0 Å². The van der Waals surface area contributed by atoms with Crippen LogP contribution < -0.4 is 5.32 Å². The summed E-state index contributed by atoms with van der Waals surface area (Å²) in [6.07, 6.45) is 6.00. The molecule has 0 bridgehead atoms. The van der Waals surface area contributed by atoms with Gasteiger partial charge in [-0.05, 0) is 32.6 Å². The van der Waals surface area contributed by atoms with E-state index in [4.69, 9.17) is 4.74 Å². The molecule has 0 radical (unpaired) electrons. The van der Waals surface area contributed by atoms with Crippen molar-refractivity contribution in [3.63, 3.8) is 0 Å². The zero-order valence-corrected chi connectivity index (χ0v) is 12.5. The summed E-state index contributed by atoms with van der Waals surface area (Å²) in [7, 11) is 0. The van der Waals surface area contributed by atoms with Crippen LogP contribution in [-0.4, -0.2) is 23.1 Å². The summed E-state index contributed by atoms with van der Waals surface area (Å²) in [6, 6.07) is 0. The van der Waals surface area contributed by atoms with Gasteiger partial charge in [0.2, 0.25) is 0 Å². The van der Waals surface area contributed by atoms with E-state index < -0.39 is 0 Å². The van der Waals surface area contributed by atoms with Gasteiger partial charge < -0.3 is 10.1 Å². The molecule has 1 aromatic rings. The average Bonchev–Trinajstić information content (AvgIpc) is 2.79. The lowest BCUT2D eigenvalue weighted by Crippen LogP contribution is -2.44. The standard InChI is InChI=1S/C14H22N2O2S/c1-3-14(8-5-9-14)16-13-15-11(10-19-13)6-7-12(17)18-4-2/h10H,3-9H2,1-2H3,(H,15,16). The second kappa shape index (κ2) is 6.37. The Morgan fingerprint density at radius 2 is 2.32 bits per heavy atom. The third-order valence-corrected chi connectivity index (χ3v) is 4.61. The third-order valence-electron chi connectivity index (χ3n) is 3.80. The van der Waals surface area contributed by atoms with E-state index in [2.05, 4.69) is 17.2 Å². The Kier molecular flexibility index (Phi) is 4.80. The first kappa shape index (κ1) is 14.3. The van der Waals surface area contributed by atoms with Gasteiger partial charge in [-0.15, -0.1) is 11.3 Å². The number of carbonyl (C=O) groups is 1. The van der Waals surface area contributed by atoms with Crippen molar-refractivity contribution in [2.24, 2.45) is 0 Å². The molecule has 106 valence electrons. The maximum Gasteiger partial charge on any atom is 0.306 e. The van der Waals surface area contributed by atoms with E-state index in [1.165, 1.54) is 19.3 Å². The fourth-order valence-corrected chi connectivity index (χ4v) is 3.20. The average molecular weight is 282 g/mol.